The van der Waals surface area contributed by atoms with E-state index in [0.29, 0.717) is 24.8 Å². The Morgan fingerprint density at radius 2 is 2.09 bits per heavy atom. The largest absolute Gasteiger partial charge is 0.359 e. The van der Waals surface area contributed by atoms with Crippen molar-refractivity contribution in [1.29, 1.82) is 0 Å². The van der Waals surface area contributed by atoms with Crippen LogP contribution >= 0.6 is 0 Å². The van der Waals surface area contributed by atoms with Crippen LogP contribution in [0.4, 0.5) is 0 Å². The van der Waals surface area contributed by atoms with Crippen molar-refractivity contribution in [2.45, 2.75) is 69.0 Å². The van der Waals surface area contributed by atoms with Crippen molar-refractivity contribution in [3.63, 3.8) is 0 Å². The summed E-state index contributed by atoms with van der Waals surface area (Å²) in [4.78, 5) is 17.1. The Bertz CT molecular complexity index is 1250. The predicted octanol–water partition coefficient (Wildman–Crippen LogP) is 4.79. The lowest BCUT2D eigenvalue weighted by Crippen LogP contribution is -2.53. The Morgan fingerprint density at radius 3 is 3.00 bits per heavy atom. The highest BCUT2D eigenvalue weighted by atomic mass is 16.5. The van der Waals surface area contributed by atoms with E-state index in [1.54, 1.807) is 0 Å². The minimum atomic E-state index is -0.451. The normalized spacial score (nSPS) is 39.5. The Morgan fingerprint density at radius 1 is 1.18 bits per heavy atom. The second-order valence-electron chi connectivity index (χ2n) is 11.2. The van der Waals surface area contributed by atoms with Gasteiger partial charge in [-0.3, -0.25) is 14.8 Å². The minimum absolute atomic E-state index is 0.00974. The van der Waals surface area contributed by atoms with Crippen LogP contribution < -0.4 is 5.84 Å². The molecular formula is C28H31N3O2. The number of carbonyl (C=O) groups is 1. The van der Waals surface area contributed by atoms with Crippen LogP contribution in [0, 0.1) is 11.3 Å². The van der Waals surface area contributed by atoms with E-state index in [4.69, 9.17) is 10.6 Å². The van der Waals surface area contributed by atoms with Crippen LogP contribution in [0.15, 0.2) is 60.0 Å². The molecule has 7 rings (SSSR count). The van der Waals surface area contributed by atoms with Gasteiger partial charge in [-0.05, 0) is 90.0 Å². The zero-order valence-corrected chi connectivity index (χ0v) is 19.2. The Kier molecular flexibility index (Phi) is 3.95. The van der Waals surface area contributed by atoms with E-state index in [0.717, 1.165) is 25.7 Å². The number of pyridine rings is 1. The first-order chi connectivity index (χ1) is 15.9. The number of hydrogen-bond acceptors (Lipinski definition) is 4. The topological polar surface area (TPSA) is 68.5 Å². The second-order valence-corrected chi connectivity index (χ2v) is 11.2. The molecule has 1 amide bonds. The maximum Gasteiger partial charge on any atom is 0.239 e. The van der Waals surface area contributed by atoms with Crippen molar-refractivity contribution in [3.05, 3.63) is 65.5 Å². The van der Waals surface area contributed by atoms with Gasteiger partial charge in [0.2, 0.25) is 5.91 Å². The summed E-state index contributed by atoms with van der Waals surface area (Å²) in [7, 11) is 0. The van der Waals surface area contributed by atoms with Crippen molar-refractivity contribution in [3.8, 4) is 0 Å². The minimum Gasteiger partial charge on any atom is -0.359 e. The third kappa shape index (κ3) is 2.55. The molecule has 5 nitrogen and oxygen atoms in total. The van der Waals surface area contributed by atoms with Gasteiger partial charge in [-0.1, -0.05) is 31.2 Å². The summed E-state index contributed by atoms with van der Waals surface area (Å²) < 4.78 is 7.16. The average Bonchev–Trinajstić information content (AvgIpc) is 3.30. The number of hydrogen-bond donors (Lipinski definition) is 1. The molecule has 0 unspecified atom stereocenters. The highest BCUT2D eigenvalue weighted by Gasteiger charge is 2.66. The second kappa shape index (κ2) is 6.55. The summed E-state index contributed by atoms with van der Waals surface area (Å²) in [6, 6.07) is 9.01. The summed E-state index contributed by atoms with van der Waals surface area (Å²) in [5.74, 6) is 6.99. The molecule has 2 N–H and O–H groups in total. The van der Waals surface area contributed by atoms with Crippen LogP contribution in [0.2, 0.25) is 0 Å². The van der Waals surface area contributed by atoms with E-state index in [1.165, 1.54) is 45.3 Å². The first kappa shape index (κ1) is 19.9. The number of fused-ring (bicyclic) bond motifs is 2. The van der Waals surface area contributed by atoms with Gasteiger partial charge in [-0.2, -0.15) is 0 Å². The van der Waals surface area contributed by atoms with Crippen LogP contribution in [-0.2, 0) is 9.53 Å². The Labute approximate surface area is 194 Å². The Hall–Kier alpha value is -2.50. The number of nitrogens with zero attached hydrogens (tertiary/aromatic N) is 2. The van der Waals surface area contributed by atoms with Crippen molar-refractivity contribution < 1.29 is 9.53 Å². The zero-order valence-electron chi connectivity index (χ0n) is 19.2. The molecule has 2 bridgehead atoms. The van der Waals surface area contributed by atoms with E-state index in [2.05, 4.69) is 48.3 Å². The molecule has 2 aliphatic carbocycles. The molecule has 5 atom stereocenters. The van der Waals surface area contributed by atoms with E-state index in [1.807, 2.05) is 12.4 Å². The van der Waals surface area contributed by atoms with Gasteiger partial charge in [-0.25, -0.2) is 5.84 Å². The molecule has 2 aromatic rings. The number of allylic oxidation sites excluding steroid dienone is 1. The molecule has 2 spiro atoms. The quantitative estimate of drug-likeness (QED) is 0.510. The predicted molar refractivity (Wildman–Crippen MR) is 127 cm³/mol. The fourth-order valence-electron chi connectivity index (χ4n) is 8.12. The van der Waals surface area contributed by atoms with Gasteiger partial charge >= 0.3 is 0 Å². The SMILES string of the molecule is C[C@]12CC=C3C=C4CCN(N)C(=O)C[C@]45CC[C@]3(O5)[C@@H]1CC[C@@H]2c1ccc2ccncc2c1. The Balaban J connectivity index is 1.30. The standard InChI is InChI=1S/C28H31N3O2/c1-26-9-6-22-15-21-8-13-31(29)25(32)16-27(21)10-11-28(22,33-27)24(26)5-4-23(26)19-3-2-18-7-12-30-17-20(18)14-19/h2-3,6-7,12,14-15,17,23-24H,4-5,8-11,13,16,29H2,1H3/t23-,24-,26-,27-,28-/m1/s1. The van der Waals surface area contributed by atoms with Crippen molar-refractivity contribution >= 4 is 16.7 Å². The molecule has 1 aromatic heterocycles. The molecule has 5 aliphatic rings. The van der Waals surface area contributed by atoms with E-state index in [9.17, 15) is 4.79 Å². The highest BCUT2D eigenvalue weighted by Crippen LogP contribution is 2.68. The molecule has 1 aromatic carbocycles. The maximum absolute atomic E-state index is 12.7. The molecule has 0 radical (unpaired) electrons. The highest BCUT2D eigenvalue weighted by molar-refractivity contribution is 5.82. The van der Waals surface area contributed by atoms with Crippen molar-refractivity contribution in [2.24, 2.45) is 17.2 Å². The number of aromatic nitrogens is 1. The zero-order chi connectivity index (χ0) is 22.4. The summed E-state index contributed by atoms with van der Waals surface area (Å²) in [6.45, 7) is 3.06. The number of carbonyl (C=O) groups excluding carboxylic acids is 1. The lowest BCUT2D eigenvalue weighted by molar-refractivity contribution is -0.147. The lowest BCUT2D eigenvalue weighted by atomic mass is 9.58. The van der Waals surface area contributed by atoms with E-state index < -0.39 is 5.60 Å². The number of ether oxygens (including phenoxy) is 1. The maximum atomic E-state index is 12.7. The van der Waals surface area contributed by atoms with E-state index >= 15 is 0 Å². The third-order valence-electron chi connectivity index (χ3n) is 9.79. The van der Waals surface area contributed by atoms with Gasteiger partial charge in [-0.15, -0.1) is 0 Å². The first-order valence-corrected chi connectivity index (χ1v) is 12.4. The number of rotatable bonds is 1. The van der Waals surface area contributed by atoms with Gasteiger partial charge in [0.05, 0.1) is 17.6 Å². The first-order valence-electron chi connectivity index (χ1n) is 12.4. The summed E-state index contributed by atoms with van der Waals surface area (Å²) in [5, 5.41) is 3.86. The number of nitrogens with two attached hydrogens (primary N) is 1. The van der Waals surface area contributed by atoms with Crippen LogP contribution in [0.3, 0.4) is 0 Å². The lowest BCUT2D eigenvalue weighted by Gasteiger charge is -2.53. The molecular weight excluding hydrogens is 410 g/mol. The third-order valence-corrected chi connectivity index (χ3v) is 9.79. The smallest absolute Gasteiger partial charge is 0.239 e. The van der Waals surface area contributed by atoms with Gasteiger partial charge in [0.15, 0.2) is 0 Å². The van der Waals surface area contributed by atoms with Crippen LogP contribution in [0.25, 0.3) is 10.8 Å². The molecule has 1 saturated carbocycles. The number of hydrazine groups is 1. The fraction of sp³-hybridized carbons (Fsp3) is 0.500. The molecule has 3 fully saturated rings. The molecule has 4 heterocycles. The summed E-state index contributed by atoms with van der Waals surface area (Å²) >= 11 is 0. The summed E-state index contributed by atoms with van der Waals surface area (Å²) in [6.07, 6.45) is 15.3. The van der Waals surface area contributed by atoms with Crippen molar-refractivity contribution in [2.75, 3.05) is 6.54 Å². The van der Waals surface area contributed by atoms with Gasteiger partial charge in [0.1, 0.15) is 0 Å². The molecule has 2 saturated heterocycles. The number of amides is 1. The van der Waals surface area contributed by atoms with Crippen LogP contribution in [-0.4, -0.2) is 33.6 Å². The van der Waals surface area contributed by atoms with Gasteiger partial charge in [0.25, 0.3) is 0 Å². The molecule has 170 valence electrons. The fourth-order valence-corrected chi connectivity index (χ4v) is 8.12. The van der Waals surface area contributed by atoms with Crippen LogP contribution in [0.5, 0.6) is 0 Å². The van der Waals surface area contributed by atoms with Crippen LogP contribution in [0.1, 0.15) is 63.4 Å². The molecule has 33 heavy (non-hydrogen) atoms. The van der Waals surface area contributed by atoms with Crippen molar-refractivity contribution in [1.82, 2.24) is 9.99 Å². The monoisotopic (exact) mass is 441 g/mol. The van der Waals surface area contributed by atoms with E-state index in [-0.39, 0.29) is 16.9 Å². The molecule has 3 aliphatic heterocycles. The van der Waals surface area contributed by atoms with Gasteiger partial charge < -0.3 is 4.74 Å². The summed E-state index contributed by atoms with van der Waals surface area (Å²) in [5.41, 5.74) is 3.51. The average molecular weight is 442 g/mol. The molecule has 5 heteroatoms. The van der Waals surface area contributed by atoms with Gasteiger partial charge in [0, 0.05) is 24.3 Å². The number of benzene rings is 1.